The van der Waals surface area contributed by atoms with Gasteiger partial charge in [0.15, 0.2) is 0 Å². The topological polar surface area (TPSA) is 29.1 Å². The van der Waals surface area contributed by atoms with Crippen molar-refractivity contribution in [3.8, 4) is 0 Å². The van der Waals surface area contributed by atoms with Crippen molar-refractivity contribution >= 4 is 50.9 Å². The lowest BCUT2D eigenvalue weighted by atomic mass is 10.2. The summed E-state index contributed by atoms with van der Waals surface area (Å²) in [5, 5.41) is 3.50. The molecule has 0 aliphatic carbocycles. The third-order valence-corrected chi connectivity index (χ3v) is 4.33. The van der Waals surface area contributed by atoms with Crippen LogP contribution in [0.25, 0.3) is 0 Å². The van der Waals surface area contributed by atoms with Crippen LogP contribution in [0.15, 0.2) is 53.0 Å². The molecule has 0 aliphatic rings. The molecule has 0 spiro atoms. The monoisotopic (exact) mass is 369 g/mol. The molecule has 0 radical (unpaired) electrons. The Labute approximate surface area is 136 Å². The van der Waals surface area contributed by atoms with Gasteiger partial charge >= 0.3 is 0 Å². The first-order valence-electron chi connectivity index (χ1n) is 6.01. The van der Waals surface area contributed by atoms with E-state index in [1.165, 1.54) is 5.56 Å². The fourth-order valence-corrected chi connectivity index (χ4v) is 2.75. The molecule has 0 saturated heterocycles. The molecule has 0 bridgehead atoms. The van der Waals surface area contributed by atoms with Gasteiger partial charge in [-0.2, -0.15) is 0 Å². The second-order valence-corrected chi connectivity index (χ2v) is 6.51. The molecule has 5 heteroatoms. The summed E-state index contributed by atoms with van der Waals surface area (Å²) in [6.07, 6.45) is 0. The molecule has 0 atom stereocenters. The van der Waals surface area contributed by atoms with Gasteiger partial charge in [0, 0.05) is 20.9 Å². The third-order valence-electron chi connectivity index (χ3n) is 2.54. The van der Waals surface area contributed by atoms with E-state index in [4.69, 9.17) is 11.6 Å². The summed E-state index contributed by atoms with van der Waals surface area (Å²) in [7, 11) is 0. The Morgan fingerprint density at radius 3 is 2.40 bits per heavy atom. The predicted molar refractivity (Wildman–Crippen MR) is 90.4 cm³/mol. The smallest absolute Gasteiger partial charge is 0.234 e. The molecule has 0 unspecified atom stereocenters. The number of anilines is 1. The second-order valence-electron chi connectivity index (χ2n) is 4.17. The summed E-state index contributed by atoms with van der Waals surface area (Å²) in [4.78, 5) is 11.8. The van der Waals surface area contributed by atoms with Crippen LogP contribution in [0, 0.1) is 0 Å². The molecule has 1 N–H and O–H groups in total. The number of thioether (sulfide) groups is 1. The van der Waals surface area contributed by atoms with E-state index in [1.54, 1.807) is 36.0 Å². The maximum Gasteiger partial charge on any atom is 0.234 e. The molecule has 0 aliphatic heterocycles. The Morgan fingerprint density at radius 2 is 1.75 bits per heavy atom. The quantitative estimate of drug-likeness (QED) is 0.804. The number of carbonyl (C=O) groups is 1. The number of rotatable bonds is 5. The fourth-order valence-electron chi connectivity index (χ4n) is 1.57. The molecule has 20 heavy (non-hydrogen) atoms. The molecule has 1 amide bonds. The lowest BCUT2D eigenvalue weighted by molar-refractivity contribution is -0.113. The van der Waals surface area contributed by atoms with Crippen molar-refractivity contribution in [2.45, 2.75) is 5.75 Å². The van der Waals surface area contributed by atoms with E-state index in [-0.39, 0.29) is 5.91 Å². The van der Waals surface area contributed by atoms with Crippen molar-refractivity contribution in [1.29, 1.82) is 0 Å². The number of hydrogen-bond donors (Lipinski definition) is 1. The number of amides is 1. The summed E-state index contributed by atoms with van der Waals surface area (Å²) in [6.45, 7) is 0. The number of halogens is 2. The number of carbonyl (C=O) groups excluding carboxylic acids is 1. The fraction of sp³-hybridized carbons (Fsp3) is 0.133. The van der Waals surface area contributed by atoms with E-state index in [0.29, 0.717) is 10.8 Å². The largest absolute Gasteiger partial charge is 0.325 e. The van der Waals surface area contributed by atoms with Gasteiger partial charge < -0.3 is 5.32 Å². The first-order chi connectivity index (χ1) is 9.63. The molecular weight excluding hydrogens is 358 g/mol. The Kier molecular flexibility index (Phi) is 5.95. The summed E-state index contributed by atoms with van der Waals surface area (Å²) in [5.74, 6) is 1.24. The zero-order valence-corrected chi connectivity index (χ0v) is 13.8. The van der Waals surface area contributed by atoms with Gasteiger partial charge in [-0.05, 0) is 42.0 Å². The van der Waals surface area contributed by atoms with Crippen LogP contribution < -0.4 is 5.32 Å². The molecule has 2 rings (SSSR count). The summed E-state index contributed by atoms with van der Waals surface area (Å²) in [6, 6.07) is 15.2. The van der Waals surface area contributed by atoms with Crippen molar-refractivity contribution in [2.24, 2.45) is 0 Å². The molecule has 2 aromatic rings. The SMILES string of the molecule is O=C(CSCc1ccc(Br)cc1)Nc1ccc(Cl)cc1. The van der Waals surface area contributed by atoms with Gasteiger partial charge in [0.2, 0.25) is 5.91 Å². The first-order valence-corrected chi connectivity index (χ1v) is 8.33. The number of nitrogens with one attached hydrogen (secondary N) is 1. The van der Waals surface area contributed by atoms with Crippen LogP contribution in [-0.2, 0) is 10.5 Å². The van der Waals surface area contributed by atoms with Gasteiger partial charge in [0.1, 0.15) is 0 Å². The molecule has 104 valence electrons. The van der Waals surface area contributed by atoms with Crippen molar-refractivity contribution < 1.29 is 4.79 Å². The normalized spacial score (nSPS) is 10.3. The molecule has 0 heterocycles. The first kappa shape index (κ1) is 15.4. The zero-order valence-electron chi connectivity index (χ0n) is 10.6. The Hall–Kier alpha value is -0.970. The van der Waals surface area contributed by atoms with Gasteiger partial charge in [-0.3, -0.25) is 4.79 Å². The lowest BCUT2D eigenvalue weighted by Crippen LogP contribution is -2.14. The maximum atomic E-state index is 11.8. The molecule has 0 saturated carbocycles. The maximum absolute atomic E-state index is 11.8. The summed E-state index contributed by atoms with van der Waals surface area (Å²) >= 11 is 10.8. The molecule has 0 aromatic heterocycles. The van der Waals surface area contributed by atoms with Crippen LogP contribution in [0.1, 0.15) is 5.56 Å². The van der Waals surface area contributed by atoms with Gasteiger partial charge in [0.05, 0.1) is 5.75 Å². The minimum Gasteiger partial charge on any atom is -0.325 e. The highest BCUT2D eigenvalue weighted by atomic mass is 79.9. The van der Waals surface area contributed by atoms with Crippen LogP contribution in [0.3, 0.4) is 0 Å². The minimum atomic E-state index is -0.00515. The third kappa shape index (κ3) is 5.19. The second kappa shape index (κ2) is 7.72. The van der Waals surface area contributed by atoms with E-state index in [1.807, 2.05) is 24.3 Å². The predicted octanol–water partition coefficient (Wildman–Crippen LogP) is 4.97. The Morgan fingerprint density at radius 1 is 1.10 bits per heavy atom. The highest BCUT2D eigenvalue weighted by Gasteiger charge is 2.03. The molecule has 0 fully saturated rings. The van der Waals surface area contributed by atoms with Gasteiger partial charge in [-0.15, -0.1) is 11.8 Å². The van der Waals surface area contributed by atoms with Crippen LogP contribution in [0.5, 0.6) is 0 Å². The van der Waals surface area contributed by atoms with E-state index in [2.05, 4.69) is 21.2 Å². The van der Waals surface area contributed by atoms with E-state index < -0.39 is 0 Å². The molecule has 2 aromatic carbocycles. The number of benzene rings is 2. The van der Waals surface area contributed by atoms with E-state index >= 15 is 0 Å². The summed E-state index contributed by atoms with van der Waals surface area (Å²) < 4.78 is 1.06. The van der Waals surface area contributed by atoms with E-state index in [0.717, 1.165) is 15.9 Å². The van der Waals surface area contributed by atoms with Crippen LogP contribution >= 0.6 is 39.3 Å². The Bertz CT molecular complexity index is 571. The van der Waals surface area contributed by atoms with Crippen molar-refractivity contribution in [3.63, 3.8) is 0 Å². The van der Waals surface area contributed by atoms with Crippen molar-refractivity contribution in [3.05, 3.63) is 63.6 Å². The Balaban J connectivity index is 1.75. The average molecular weight is 371 g/mol. The van der Waals surface area contributed by atoms with Gasteiger partial charge in [-0.1, -0.05) is 39.7 Å². The van der Waals surface area contributed by atoms with Crippen LogP contribution in [-0.4, -0.2) is 11.7 Å². The highest BCUT2D eigenvalue weighted by molar-refractivity contribution is 9.10. The molecule has 2 nitrogen and oxygen atoms in total. The average Bonchev–Trinajstić information content (AvgIpc) is 2.44. The van der Waals surface area contributed by atoms with Gasteiger partial charge in [-0.25, -0.2) is 0 Å². The zero-order chi connectivity index (χ0) is 14.4. The molecular formula is C15H13BrClNOS. The minimum absolute atomic E-state index is 0.00515. The van der Waals surface area contributed by atoms with Crippen molar-refractivity contribution in [2.75, 3.05) is 11.1 Å². The lowest BCUT2D eigenvalue weighted by Gasteiger charge is -2.05. The highest BCUT2D eigenvalue weighted by Crippen LogP contribution is 2.17. The number of hydrogen-bond acceptors (Lipinski definition) is 2. The van der Waals surface area contributed by atoms with Crippen LogP contribution in [0.4, 0.5) is 5.69 Å². The van der Waals surface area contributed by atoms with Crippen LogP contribution in [0.2, 0.25) is 5.02 Å². The van der Waals surface area contributed by atoms with Gasteiger partial charge in [0.25, 0.3) is 0 Å². The van der Waals surface area contributed by atoms with Crippen molar-refractivity contribution in [1.82, 2.24) is 0 Å². The standard InChI is InChI=1S/C15H13BrClNOS/c16-12-3-1-11(2-4-12)9-20-10-15(19)18-14-7-5-13(17)6-8-14/h1-8H,9-10H2,(H,18,19). The summed E-state index contributed by atoms with van der Waals surface area (Å²) in [5.41, 5.74) is 1.97. The van der Waals surface area contributed by atoms with E-state index in [9.17, 15) is 4.79 Å².